The number of aliphatic hydroxyl groups excluding tert-OH is 1. The van der Waals surface area contributed by atoms with E-state index in [9.17, 15) is 0 Å². The van der Waals surface area contributed by atoms with Crippen LogP contribution in [0, 0.1) is 0 Å². The molecule has 1 fully saturated rings. The van der Waals surface area contributed by atoms with Gasteiger partial charge in [0.1, 0.15) is 12.4 Å². The topological polar surface area (TPSA) is 47.9 Å². The second-order valence-electron chi connectivity index (χ2n) is 5.30. The highest BCUT2D eigenvalue weighted by atomic mass is 16.7. The van der Waals surface area contributed by atoms with Gasteiger partial charge in [0, 0.05) is 13.2 Å². The molecule has 1 aliphatic rings. The third kappa shape index (κ3) is 6.04. The monoisotopic (exact) mass is 294 g/mol. The average Bonchev–Trinajstić information content (AvgIpc) is 2.54. The smallest absolute Gasteiger partial charge is 0.157 e. The van der Waals surface area contributed by atoms with Gasteiger partial charge in [0.25, 0.3) is 0 Å². The maximum absolute atomic E-state index is 8.83. The largest absolute Gasteiger partial charge is 0.491 e. The fourth-order valence-electron chi connectivity index (χ4n) is 2.48. The van der Waals surface area contributed by atoms with E-state index < -0.39 is 0 Å². The number of hydrogen-bond donors (Lipinski definition) is 1. The molecular weight excluding hydrogens is 268 g/mol. The summed E-state index contributed by atoms with van der Waals surface area (Å²) in [6.07, 6.45) is 6.46. The molecule has 0 spiro atoms. The SMILES string of the molecule is OCCOc1ccccc1CCCCOC1CCCCO1. The van der Waals surface area contributed by atoms with Crippen molar-refractivity contribution in [3.8, 4) is 5.75 Å². The molecule has 1 aliphatic heterocycles. The molecule has 0 radical (unpaired) electrons. The van der Waals surface area contributed by atoms with Gasteiger partial charge in [-0.25, -0.2) is 0 Å². The first kappa shape index (κ1) is 16.3. The molecule has 1 heterocycles. The first-order chi connectivity index (χ1) is 10.4. The Labute approximate surface area is 127 Å². The molecule has 0 aliphatic carbocycles. The Morgan fingerprint density at radius 1 is 1.14 bits per heavy atom. The molecule has 0 bridgehead atoms. The van der Waals surface area contributed by atoms with Crippen molar-refractivity contribution in [3.63, 3.8) is 0 Å². The van der Waals surface area contributed by atoms with Gasteiger partial charge in [-0.15, -0.1) is 0 Å². The molecule has 1 atom stereocenters. The number of aryl methyl sites for hydroxylation is 1. The molecule has 118 valence electrons. The lowest BCUT2D eigenvalue weighted by atomic mass is 10.1. The second kappa shape index (κ2) is 9.77. The number of para-hydroxylation sites is 1. The van der Waals surface area contributed by atoms with Crippen molar-refractivity contribution >= 4 is 0 Å². The highest BCUT2D eigenvalue weighted by Crippen LogP contribution is 2.20. The van der Waals surface area contributed by atoms with Crippen LogP contribution in [0.1, 0.15) is 37.7 Å². The van der Waals surface area contributed by atoms with Crippen molar-refractivity contribution in [1.29, 1.82) is 0 Å². The Bertz CT molecular complexity index is 388. The number of rotatable bonds is 9. The zero-order chi connectivity index (χ0) is 14.8. The Kier molecular flexibility index (Phi) is 7.57. The fraction of sp³-hybridized carbons (Fsp3) is 0.647. The molecule has 4 nitrogen and oxygen atoms in total. The Hall–Kier alpha value is -1.10. The summed E-state index contributed by atoms with van der Waals surface area (Å²) in [7, 11) is 0. The zero-order valence-electron chi connectivity index (χ0n) is 12.6. The van der Waals surface area contributed by atoms with Gasteiger partial charge >= 0.3 is 0 Å². The Balaban J connectivity index is 1.63. The predicted molar refractivity (Wildman–Crippen MR) is 81.5 cm³/mol. The molecule has 2 rings (SSSR count). The van der Waals surface area contributed by atoms with Gasteiger partial charge in [-0.1, -0.05) is 18.2 Å². The third-order valence-corrected chi connectivity index (χ3v) is 3.60. The van der Waals surface area contributed by atoms with Gasteiger partial charge in [0.2, 0.25) is 0 Å². The average molecular weight is 294 g/mol. The first-order valence-electron chi connectivity index (χ1n) is 7.95. The van der Waals surface area contributed by atoms with Gasteiger partial charge in [-0.05, 0) is 50.2 Å². The Morgan fingerprint density at radius 2 is 2.05 bits per heavy atom. The number of aliphatic hydroxyl groups is 1. The Morgan fingerprint density at radius 3 is 2.86 bits per heavy atom. The number of hydrogen-bond acceptors (Lipinski definition) is 4. The molecule has 0 aromatic heterocycles. The van der Waals surface area contributed by atoms with Crippen LogP contribution in [0.5, 0.6) is 5.75 Å². The van der Waals surface area contributed by atoms with E-state index in [0.29, 0.717) is 6.61 Å². The molecule has 1 N–H and O–H groups in total. The van der Waals surface area contributed by atoms with E-state index in [1.54, 1.807) is 0 Å². The molecule has 4 heteroatoms. The van der Waals surface area contributed by atoms with Crippen molar-refractivity contribution in [3.05, 3.63) is 29.8 Å². The zero-order valence-corrected chi connectivity index (χ0v) is 12.6. The van der Waals surface area contributed by atoms with E-state index in [2.05, 4.69) is 6.07 Å². The molecular formula is C17H26O4. The van der Waals surface area contributed by atoms with Crippen LogP contribution in [0.2, 0.25) is 0 Å². The van der Waals surface area contributed by atoms with Crippen LogP contribution in [0.4, 0.5) is 0 Å². The van der Waals surface area contributed by atoms with Crippen LogP contribution in [0.15, 0.2) is 24.3 Å². The summed E-state index contributed by atoms with van der Waals surface area (Å²) in [5, 5.41) is 8.83. The lowest BCUT2D eigenvalue weighted by molar-refractivity contribution is -0.162. The minimum absolute atomic E-state index is 0.0129. The van der Waals surface area contributed by atoms with Crippen molar-refractivity contribution in [1.82, 2.24) is 0 Å². The summed E-state index contributed by atoms with van der Waals surface area (Å²) in [6.45, 7) is 1.98. The minimum atomic E-state index is 0.0129. The van der Waals surface area contributed by atoms with E-state index in [1.165, 1.54) is 12.0 Å². The summed E-state index contributed by atoms with van der Waals surface area (Å²) in [4.78, 5) is 0. The number of benzene rings is 1. The van der Waals surface area contributed by atoms with Crippen molar-refractivity contribution in [2.24, 2.45) is 0 Å². The maximum Gasteiger partial charge on any atom is 0.157 e. The van der Waals surface area contributed by atoms with Gasteiger partial charge in [-0.2, -0.15) is 0 Å². The van der Waals surface area contributed by atoms with Crippen LogP contribution in [0.3, 0.4) is 0 Å². The molecule has 21 heavy (non-hydrogen) atoms. The minimum Gasteiger partial charge on any atom is -0.491 e. The standard InChI is InChI=1S/C17H26O4/c18-11-14-19-16-9-2-1-7-15(16)8-3-5-12-20-17-10-4-6-13-21-17/h1-2,7,9,17-18H,3-6,8,10-14H2. The van der Waals surface area contributed by atoms with Crippen LogP contribution in [0.25, 0.3) is 0 Å². The second-order valence-corrected chi connectivity index (χ2v) is 5.30. The fourth-order valence-corrected chi connectivity index (χ4v) is 2.48. The highest BCUT2D eigenvalue weighted by molar-refractivity contribution is 5.33. The van der Waals surface area contributed by atoms with E-state index >= 15 is 0 Å². The lowest BCUT2D eigenvalue weighted by Crippen LogP contribution is -2.22. The predicted octanol–water partition coefficient (Wildman–Crippen LogP) is 2.92. The van der Waals surface area contributed by atoms with Crippen LogP contribution < -0.4 is 4.74 Å². The molecule has 1 aromatic rings. The molecule has 1 aromatic carbocycles. The van der Waals surface area contributed by atoms with Crippen molar-refractivity contribution in [2.75, 3.05) is 26.4 Å². The number of ether oxygens (including phenoxy) is 3. The molecule has 0 amide bonds. The van der Waals surface area contributed by atoms with Gasteiger partial charge in [0.05, 0.1) is 6.61 Å². The van der Waals surface area contributed by atoms with E-state index in [-0.39, 0.29) is 12.9 Å². The lowest BCUT2D eigenvalue weighted by Gasteiger charge is -2.22. The highest BCUT2D eigenvalue weighted by Gasteiger charge is 2.13. The van der Waals surface area contributed by atoms with E-state index in [4.69, 9.17) is 19.3 Å². The van der Waals surface area contributed by atoms with Gasteiger partial charge in [-0.3, -0.25) is 0 Å². The van der Waals surface area contributed by atoms with Crippen molar-refractivity contribution < 1.29 is 19.3 Å². The van der Waals surface area contributed by atoms with Crippen molar-refractivity contribution in [2.45, 2.75) is 44.8 Å². The van der Waals surface area contributed by atoms with Gasteiger partial charge in [0.15, 0.2) is 6.29 Å². The first-order valence-corrected chi connectivity index (χ1v) is 7.95. The summed E-state index contributed by atoms with van der Waals surface area (Å²) in [6, 6.07) is 8.02. The van der Waals surface area contributed by atoms with Crippen LogP contribution in [-0.4, -0.2) is 37.8 Å². The maximum atomic E-state index is 8.83. The quantitative estimate of drug-likeness (QED) is 0.711. The number of unbranched alkanes of at least 4 members (excludes halogenated alkanes) is 1. The summed E-state index contributed by atoms with van der Waals surface area (Å²) in [5.41, 5.74) is 1.19. The van der Waals surface area contributed by atoms with E-state index in [0.717, 1.165) is 51.1 Å². The molecule has 1 saturated heterocycles. The van der Waals surface area contributed by atoms with E-state index in [1.807, 2.05) is 18.2 Å². The normalized spacial score (nSPS) is 18.6. The third-order valence-electron chi connectivity index (χ3n) is 3.60. The van der Waals surface area contributed by atoms with Crippen LogP contribution >= 0.6 is 0 Å². The summed E-state index contributed by atoms with van der Waals surface area (Å²) in [5.74, 6) is 0.878. The summed E-state index contributed by atoms with van der Waals surface area (Å²) < 4.78 is 16.8. The molecule has 0 saturated carbocycles. The van der Waals surface area contributed by atoms with Gasteiger partial charge < -0.3 is 19.3 Å². The molecule has 1 unspecified atom stereocenters. The van der Waals surface area contributed by atoms with Crippen LogP contribution in [-0.2, 0) is 15.9 Å². The summed E-state index contributed by atoms with van der Waals surface area (Å²) >= 11 is 0.